The van der Waals surface area contributed by atoms with Crippen LogP contribution in [0.5, 0.6) is 11.5 Å². The topological polar surface area (TPSA) is 74.7 Å². The molecule has 8 nitrogen and oxygen atoms in total. The second kappa shape index (κ2) is 13.3. The largest absolute Gasteiger partial charge is 0.492 e. The summed E-state index contributed by atoms with van der Waals surface area (Å²) in [4.78, 5) is 18.6. The number of ether oxygens (including phenoxy) is 3. The first kappa shape index (κ1) is 28.2. The highest BCUT2D eigenvalue weighted by molar-refractivity contribution is 5.77. The third-order valence-corrected chi connectivity index (χ3v) is 6.91. The fourth-order valence-electron chi connectivity index (χ4n) is 4.93. The zero-order valence-corrected chi connectivity index (χ0v) is 21.9. The first-order valence-corrected chi connectivity index (χ1v) is 13.1. The normalized spacial score (nSPS) is 20.9. The van der Waals surface area contributed by atoms with Crippen molar-refractivity contribution in [3.8, 4) is 11.5 Å². The Morgan fingerprint density at radius 2 is 1.66 bits per heavy atom. The standard InChI is InChI=1S/C28H37F2N3O5/c1-36-18-27(34)33-13-12-32(19-28(35,20-33)21-38-24-8-9-25(29)26(30)16-24)17-22-4-6-23(7-5-22)37-15-14-31-10-2-3-11-31/h4-9,16,35H,2-3,10-15,17-21H2,1H3. The number of aliphatic hydroxyl groups is 1. The summed E-state index contributed by atoms with van der Waals surface area (Å²) in [5.74, 6) is -1.33. The number of carbonyl (C=O) groups is 1. The van der Waals surface area contributed by atoms with E-state index in [0.29, 0.717) is 26.2 Å². The summed E-state index contributed by atoms with van der Waals surface area (Å²) >= 11 is 0. The van der Waals surface area contributed by atoms with Crippen molar-refractivity contribution in [1.82, 2.24) is 14.7 Å². The van der Waals surface area contributed by atoms with Crippen LogP contribution in [0.15, 0.2) is 42.5 Å². The third-order valence-electron chi connectivity index (χ3n) is 6.91. The van der Waals surface area contributed by atoms with Gasteiger partial charge in [0.25, 0.3) is 0 Å². The van der Waals surface area contributed by atoms with E-state index < -0.39 is 17.2 Å². The number of hydrogen-bond donors (Lipinski definition) is 1. The third kappa shape index (κ3) is 8.10. The molecule has 4 rings (SSSR count). The van der Waals surface area contributed by atoms with E-state index in [0.717, 1.165) is 43.1 Å². The van der Waals surface area contributed by atoms with E-state index in [4.69, 9.17) is 14.2 Å². The molecule has 1 amide bonds. The maximum absolute atomic E-state index is 13.6. The summed E-state index contributed by atoms with van der Waals surface area (Å²) in [5.41, 5.74) is -0.402. The minimum Gasteiger partial charge on any atom is -0.492 e. The zero-order chi connectivity index (χ0) is 27.0. The first-order chi connectivity index (χ1) is 18.3. The molecular formula is C28H37F2N3O5. The molecule has 0 spiro atoms. The van der Waals surface area contributed by atoms with E-state index in [1.165, 1.54) is 26.0 Å². The SMILES string of the molecule is COCC(=O)N1CCN(Cc2ccc(OCCN3CCCC3)cc2)CC(O)(COc2ccc(F)c(F)c2)C1. The van der Waals surface area contributed by atoms with Crippen LogP contribution in [0.4, 0.5) is 8.78 Å². The summed E-state index contributed by atoms with van der Waals surface area (Å²) in [6.45, 7) is 5.32. The molecule has 2 aliphatic rings. The van der Waals surface area contributed by atoms with Gasteiger partial charge in [-0.25, -0.2) is 8.78 Å². The highest BCUT2D eigenvalue weighted by Gasteiger charge is 2.37. The predicted molar refractivity (Wildman–Crippen MR) is 138 cm³/mol. The molecule has 0 aromatic heterocycles. The number of likely N-dealkylation sites (tertiary alicyclic amines) is 1. The molecule has 10 heteroatoms. The predicted octanol–water partition coefficient (Wildman–Crippen LogP) is 2.54. The smallest absolute Gasteiger partial charge is 0.248 e. The maximum Gasteiger partial charge on any atom is 0.248 e. The Labute approximate surface area is 222 Å². The number of rotatable bonds is 11. The number of β-amino-alcohol motifs (C(OH)–C–C–N with tert-alkyl or cyclic N) is 1. The first-order valence-electron chi connectivity index (χ1n) is 13.1. The van der Waals surface area contributed by atoms with Gasteiger partial charge in [0.1, 0.15) is 36.9 Å². The van der Waals surface area contributed by atoms with Crippen LogP contribution >= 0.6 is 0 Å². The van der Waals surface area contributed by atoms with Gasteiger partial charge in [-0.15, -0.1) is 0 Å². The average Bonchev–Trinajstić information content (AvgIpc) is 3.36. The molecular weight excluding hydrogens is 496 g/mol. The van der Waals surface area contributed by atoms with Crippen LogP contribution in [-0.2, 0) is 16.1 Å². The summed E-state index contributed by atoms with van der Waals surface area (Å²) in [6.07, 6.45) is 2.52. The minimum atomic E-state index is -1.44. The highest BCUT2D eigenvalue weighted by atomic mass is 19.2. The van der Waals surface area contributed by atoms with Crippen LogP contribution < -0.4 is 9.47 Å². The maximum atomic E-state index is 13.6. The minimum absolute atomic E-state index is 0.0270. The van der Waals surface area contributed by atoms with Crippen LogP contribution in [0.3, 0.4) is 0 Å². The Morgan fingerprint density at radius 3 is 2.37 bits per heavy atom. The summed E-state index contributed by atoms with van der Waals surface area (Å²) < 4.78 is 43.5. The lowest BCUT2D eigenvalue weighted by Gasteiger charge is -2.33. The van der Waals surface area contributed by atoms with Crippen LogP contribution in [-0.4, -0.2) is 104 Å². The zero-order valence-electron chi connectivity index (χ0n) is 21.9. The number of halogens is 2. The molecule has 0 radical (unpaired) electrons. The van der Waals surface area contributed by atoms with Crippen molar-refractivity contribution < 1.29 is 32.9 Å². The lowest BCUT2D eigenvalue weighted by molar-refractivity contribution is -0.138. The quantitative estimate of drug-likeness (QED) is 0.476. The molecule has 208 valence electrons. The monoisotopic (exact) mass is 533 g/mol. The van der Waals surface area contributed by atoms with Crippen LogP contribution in [0.2, 0.25) is 0 Å². The summed E-state index contributed by atoms with van der Waals surface area (Å²) in [5, 5.41) is 11.5. The van der Waals surface area contributed by atoms with Gasteiger partial charge in [0.2, 0.25) is 5.91 Å². The Kier molecular flexibility index (Phi) is 9.90. The van der Waals surface area contributed by atoms with Crippen molar-refractivity contribution in [3.63, 3.8) is 0 Å². The summed E-state index contributed by atoms with van der Waals surface area (Å²) in [7, 11) is 1.44. The van der Waals surface area contributed by atoms with E-state index in [-0.39, 0.29) is 38.0 Å². The fraction of sp³-hybridized carbons (Fsp3) is 0.536. The second-order valence-electron chi connectivity index (χ2n) is 10.1. The van der Waals surface area contributed by atoms with Gasteiger partial charge in [0, 0.05) is 45.9 Å². The molecule has 2 fully saturated rings. The Hall–Kier alpha value is -2.79. The van der Waals surface area contributed by atoms with Crippen LogP contribution in [0.25, 0.3) is 0 Å². The molecule has 0 saturated carbocycles. The number of benzene rings is 2. The Bertz CT molecular complexity index is 1050. The number of methoxy groups -OCH3 is 1. The lowest BCUT2D eigenvalue weighted by atomic mass is 10.0. The van der Waals surface area contributed by atoms with Gasteiger partial charge in [-0.3, -0.25) is 14.6 Å². The van der Waals surface area contributed by atoms with E-state index in [9.17, 15) is 18.7 Å². The average molecular weight is 534 g/mol. The van der Waals surface area contributed by atoms with Gasteiger partial charge in [0.05, 0.1) is 6.54 Å². The Morgan fingerprint density at radius 1 is 0.921 bits per heavy atom. The van der Waals surface area contributed by atoms with Crippen molar-refractivity contribution in [1.29, 1.82) is 0 Å². The Balaban J connectivity index is 1.37. The van der Waals surface area contributed by atoms with Crippen molar-refractivity contribution >= 4 is 5.91 Å². The van der Waals surface area contributed by atoms with Crippen molar-refractivity contribution in [2.45, 2.75) is 25.0 Å². The highest BCUT2D eigenvalue weighted by Crippen LogP contribution is 2.22. The van der Waals surface area contributed by atoms with E-state index >= 15 is 0 Å². The van der Waals surface area contributed by atoms with Crippen molar-refractivity contribution in [2.75, 3.05) is 72.7 Å². The number of hydrogen-bond acceptors (Lipinski definition) is 7. The number of carbonyl (C=O) groups excluding carboxylic acids is 1. The molecule has 38 heavy (non-hydrogen) atoms. The fourth-order valence-corrected chi connectivity index (χ4v) is 4.93. The van der Waals surface area contributed by atoms with Crippen LogP contribution in [0, 0.1) is 11.6 Å². The van der Waals surface area contributed by atoms with Gasteiger partial charge in [-0.1, -0.05) is 12.1 Å². The number of nitrogens with zero attached hydrogens (tertiary/aromatic N) is 3. The molecule has 0 bridgehead atoms. The molecule has 0 aliphatic carbocycles. The molecule has 2 saturated heterocycles. The van der Waals surface area contributed by atoms with Gasteiger partial charge < -0.3 is 24.2 Å². The lowest BCUT2D eigenvalue weighted by Crippen LogP contribution is -2.52. The van der Waals surface area contributed by atoms with E-state index in [2.05, 4.69) is 9.80 Å². The molecule has 1 atom stereocenters. The van der Waals surface area contributed by atoms with Gasteiger partial charge in [-0.05, 0) is 55.8 Å². The van der Waals surface area contributed by atoms with Gasteiger partial charge in [-0.2, -0.15) is 0 Å². The van der Waals surface area contributed by atoms with Crippen molar-refractivity contribution in [2.24, 2.45) is 0 Å². The van der Waals surface area contributed by atoms with Crippen LogP contribution in [0.1, 0.15) is 18.4 Å². The van der Waals surface area contributed by atoms with Crippen molar-refractivity contribution in [3.05, 3.63) is 59.7 Å². The molecule has 2 heterocycles. The van der Waals surface area contributed by atoms with Gasteiger partial charge >= 0.3 is 0 Å². The van der Waals surface area contributed by atoms with Gasteiger partial charge in [0.15, 0.2) is 11.6 Å². The van der Waals surface area contributed by atoms with E-state index in [1.807, 2.05) is 24.3 Å². The number of amides is 1. The molecule has 2 aromatic carbocycles. The molecule has 1 N–H and O–H groups in total. The molecule has 2 aliphatic heterocycles. The van der Waals surface area contributed by atoms with E-state index in [1.54, 1.807) is 4.90 Å². The molecule has 1 unspecified atom stereocenters. The molecule has 2 aromatic rings. The second-order valence-corrected chi connectivity index (χ2v) is 10.1. The summed E-state index contributed by atoms with van der Waals surface area (Å²) in [6, 6.07) is 11.1.